The average molecular weight is 350 g/mol. The lowest BCUT2D eigenvalue weighted by Crippen LogP contribution is -2.11. The predicted molar refractivity (Wildman–Crippen MR) is 103 cm³/mol. The summed E-state index contributed by atoms with van der Waals surface area (Å²) in [5.41, 5.74) is 7.29. The molecule has 1 aliphatic carbocycles. The molecule has 0 saturated heterocycles. The van der Waals surface area contributed by atoms with Gasteiger partial charge in [-0.3, -0.25) is 4.98 Å². The second-order valence-electron chi connectivity index (χ2n) is 6.72. The van der Waals surface area contributed by atoms with Gasteiger partial charge in [-0.25, -0.2) is 4.98 Å². The van der Waals surface area contributed by atoms with Crippen LogP contribution in [0.5, 0.6) is 5.75 Å². The lowest BCUT2D eigenvalue weighted by Gasteiger charge is -2.25. The zero-order valence-corrected chi connectivity index (χ0v) is 15.7. The molecule has 0 amide bonds. The minimum absolute atomic E-state index is 0.574. The SMILES string of the molecule is COc1cccc(-c2csc(-c3c(C)ncc4c3[C@@H](C)CCC4)n2)c1. The molecule has 0 bridgehead atoms. The van der Waals surface area contributed by atoms with Crippen molar-refractivity contribution >= 4 is 11.3 Å². The highest BCUT2D eigenvalue weighted by atomic mass is 32.1. The Balaban J connectivity index is 1.81. The van der Waals surface area contributed by atoms with Crippen molar-refractivity contribution in [2.24, 2.45) is 0 Å². The van der Waals surface area contributed by atoms with Crippen molar-refractivity contribution in [3.8, 4) is 27.6 Å². The Kier molecular flexibility index (Phi) is 4.30. The first-order valence-electron chi connectivity index (χ1n) is 8.76. The average Bonchev–Trinajstić information content (AvgIpc) is 3.12. The fraction of sp³-hybridized carbons (Fsp3) is 0.333. The molecule has 1 atom stereocenters. The number of fused-ring (bicyclic) bond motifs is 1. The van der Waals surface area contributed by atoms with E-state index >= 15 is 0 Å². The Hall–Kier alpha value is -2.20. The number of hydrogen-bond donors (Lipinski definition) is 0. The standard InChI is InChI=1S/C21H22N2OS/c1-13-6-4-8-16-11-22-14(2)20(19(13)16)21-23-18(12-25-21)15-7-5-9-17(10-15)24-3/h5,7,9-13H,4,6,8H2,1-3H3/t13-/m0/s1. The van der Waals surface area contributed by atoms with Crippen LogP contribution in [0.4, 0.5) is 0 Å². The van der Waals surface area contributed by atoms with Crippen LogP contribution >= 0.6 is 11.3 Å². The van der Waals surface area contributed by atoms with Crippen molar-refractivity contribution in [2.45, 2.75) is 39.0 Å². The molecular formula is C21H22N2OS. The van der Waals surface area contributed by atoms with E-state index in [1.54, 1.807) is 18.4 Å². The maximum absolute atomic E-state index is 5.34. The van der Waals surface area contributed by atoms with Crippen LogP contribution in [0.15, 0.2) is 35.8 Å². The maximum Gasteiger partial charge on any atom is 0.126 e. The summed E-state index contributed by atoms with van der Waals surface area (Å²) in [5, 5.41) is 3.21. The molecule has 0 N–H and O–H groups in total. The fourth-order valence-electron chi connectivity index (χ4n) is 3.74. The number of ether oxygens (including phenoxy) is 1. The third kappa shape index (κ3) is 2.95. The van der Waals surface area contributed by atoms with Crippen molar-refractivity contribution in [3.05, 3.63) is 52.7 Å². The number of thiazole rings is 1. The van der Waals surface area contributed by atoms with Gasteiger partial charge in [-0.2, -0.15) is 0 Å². The monoisotopic (exact) mass is 350 g/mol. The van der Waals surface area contributed by atoms with Gasteiger partial charge in [0.25, 0.3) is 0 Å². The van der Waals surface area contributed by atoms with E-state index in [0.29, 0.717) is 5.92 Å². The maximum atomic E-state index is 5.34. The molecule has 128 valence electrons. The lowest BCUT2D eigenvalue weighted by molar-refractivity contribution is 0.415. The molecule has 25 heavy (non-hydrogen) atoms. The Bertz CT molecular complexity index is 916. The van der Waals surface area contributed by atoms with Gasteiger partial charge in [0.1, 0.15) is 10.8 Å². The Morgan fingerprint density at radius 3 is 3.00 bits per heavy atom. The molecule has 1 aliphatic rings. The molecule has 2 heterocycles. The molecule has 4 heteroatoms. The molecule has 1 aromatic carbocycles. The van der Waals surface area contributed by atoms with E-state index in [2.05, 4.69) is 36.5 Å². The van der Waals surface area contributed by atoms with E-state index in [4.69, 9.17) is 9.72 Å². The molecule has 0 unspecified atom stereocenters. The lowest BCUT2D eigenvalue weighted by atomic mass is 9.82. The number of nitrogens with zero attached hydrogens (tertiary/aromatic N) is 2. The van der Waals surface area contributed by atoms with Gasteiger partial charge >= 0.3 is 0 Å². The van der Waals surface area contributed by atoms with Gasteiger partial charge in [-0.1, -0.05) is 19.1 Å². The molecule has 0 radical (unpaired) electrons. The summed E-state index contributed by atoms with van der Waals surface area (Å²) in [4.78, 5) is 9.61. The Labute approximate surface area is 152 Å². The highest BCUT2D eigenvalue weighted by Gasteiger charge is 2.24. The van der Waals surface area contributed by atoms with Crippen LogP contribution in [0.25, 0.3) is 21.8 Å². The Morgan fingerprint density at radius 2 is 2.16 bits per heavy atom. The van der Waals surface area contributed by atoms with Crippen LogP contribution < -0.4 is 4.74 Å². The minimum Gasteiger partial charge on any atom is -0.497 e. The van der Waals surface area contributed by atoms with Crippen LogP contribution in [0.3, 0.4) is 0 Å². The van der Waals surface area contributed by atoms with Crippen LogP contribution in [0.1, 0.15) is 42.5 Å². The summed E-state index contributed by atoms with van der Waals surface area (Å²) in [6.45, 7) is 4.43. The number of methoxy groups -OCH3 is 1. The second-order valence-corrected chi connectivity index (χ2v) is 7.58. The molecule has 2 aromatic heterocycles. The second kappa shape index (κ2) is 6.60. The predicted octanol–water partition coefficient (Wildman–Crippen LogP) is 5.63. The summed E-state index contributed by atoms with van der Waals surface area (Å²) in [5.74, 6) is 1.43. The number of hydrogen-bond acceptors (Lipinski definition) is 4. The first-order valence-corrected chi connectivity index (χ1v) is 9.64. The van der Waals surface area contributed by atoms with Crippen LogP contribution in [0, 0.1) is 6.92 Å². The number of pyridine rings is 1. The van der Waals surface area contributed by atoms with Gasteiger partial charge in [0, 0.05) is 28.4 Å². The molecule has 0 fully saturated rings. The molecule has 0 aliphatic heterocycles. The van der Waals surface area contributed by atoms with Crippen LogP contribution in [-0.4, -0.2) is 17.1 Å². The van der Waals surface area contributed by atoms with Crippen molar-refractivity contribution in [1.82, 2.24) is 9.97 Å². The third-order valence-electron chi connectivity index (χ3n) is 5.05. The van der Waals surface area contributed by atoms with E-state index in [0.717, 1.165) is 34.1 Å². The first kappa shape index (κ1) is 16.3. The van der Waals surface area contributed by atoms with Crippen molar-refractivity contribution in [1.29, 1.82) is 0 Å². The molecule has 3 aromatic rings. The minimum atomic E-state index is 0.574. The van der Waals surface area contributed by atoms with E-state index < -0.39 is 0 Å². The smallest absolute Gasteiger partial charge is 0.126 e. The Morgan fingerprint density at radius 1 is 1.28 bits per heavy atom. The highest BCUT2D eigenvalue weighted by molar-refractivity contribution is 7.13. The zero-order valence-electron chi connectivity index (χ0n) is 14.9. The van der Waals surface area contributed by atoms with Gasteiger partial charge in [0.05, 0.1) is 12.8 Å². The first-order chi connectivity index (χ1) is 12.2. The summed E-state index contributed by atoms with van der Waals surface area (Å²) in [6, 6.07) is 8.08. The number of rotatable bonds is 3. The normalized spacial score (nSPS) is 16.5. The number of aryl methyl sites for hydroxylation is 2. The van der Waals surface area contributed by atoms with Crippen molar-refractivity contribution in [2.75, 3.05) is 7.11 Å². The molecule has 3 nitrogen and oxygen atoms in total. The molecule has 4 rings (SSSR count). The van der Waals surface area contributed by atoms with Gasteiger partial charge in [0.15, 0.2) is 0 Å². The quantitative estimate of drug-likeness (QED) is 0.614. The summed E-state index contributed by atoms with van der Waals surface area (Å²) in [7, 11) is 1.69. The summed E-state index contributed by atoms with van der Waals surface area (Å²) >= 11 is 1.71. The largest absolute Gasteiger partial charge is 0.497 e. The van der Waals surface area contributed by atoms with E-state index in [-0.39, 0.29) is 0 Å². The highest BCUT2D eigenvalue weighted by Crippen LogP contribution is 2.41. The molecule has 0 saturated carbocycles. The number of aromatic nitrogens is 2. The summed E-state index contributed by atoms with van der Waals surface area (Å²) < 4.78 is 5.34. The van der Waals surface area contributed by atoms with Gasteiger partial charge in [-0.05, 0) is 55.4 Å². The van der Waals surface area contributed by atoms with Crippen molar-refractivity contribution < 1.29 is 4.74 Å². The topological polar surface area (TPSA) is 35.0 Å². The van der Waals surface area contributed by atoms with Crippen molar-refractivity contribution in [3.63, 3.8) is 0 Å². The van der Waals surface area contributed by atoms with Gasteiger partial charge in [0.2, 0.25) is 0 Å². The fourth-order valence-corrected chi connectivity index (χ4v) is 4.68. The van der Waals surface area contributed by atoms with Crippen LogP contribution in [0.2, 0.25) is 0 Å². The van der Waals surface area contributed by atoms with Gasteiger partial charge < -0.3 is 4.74 Å². The van der Waals surface area contributed by atoms with E-state index in [1.165, 1.54) is 29.5 Å². The van der Waals surface area contributed by atoms with E-state index in [1.807, 2.05) is 18.2 Å². The van der Waals surface area contributed by atoms with Crippen LogP contribution in [-0.2, 0) is 6.42 Å². The molecule has 0 spiro atoms. The summed E-state index contributed by atoms with van der Waals surface area (Å²) in [6.07, 6.45) is 5.71. The number of benzene rings is 1. The van der Waals surface area contributed by atoms with E-state index in [9.17, 15) is 0 Å². The van der Waals surface area contributed by atoms with Gasteiger partial charge in [-0.15, -0.1) is 11.3 Å². The third-order valence-corrected chi connectivity index (χ3v) is 5.91. The zero-order chi connectivity index (χ0) is 17.4. The molecular weight excluding hydrogens is 328 g/mol.